The number of hydrogen-bond donors (Lipinski definition) is 2. The van der Waals surface area contributed by atoms with Gasteiger partial charge >= 0.3 is 0 Å². The van der Waals surface area contributed by atoms with E-state index in [0.717, 1.165) is 18.8 Å². The molecule has 142 valence electrons. The van der Waals surface area contributed by atoms with E-state index < -0.39 is 5.91 Å². The summed E-state index contributed by atoms with van der Waals surface area (Å²) in [5, 5.41) is 0. The van der Waals surface area contributed by atoms with E-state index in [9.17, 15) is 9.59 Å². The third kappa shape index (κ3) is 4.98. The molecule has 0 aliphatic carbocycles. The summed E-state index contributed by atoms with van der Waals surface area (Å²) in [5.74, 6) is -0.0717. The van der Waals surface area contributed by atoms with Crippen molar-refractivity contribution in [3.63, 3.8) is 0 Å². The lowest BCUT2D eigenvalue weighted by Gasteiger charge is -2.28. The highest BCUT2D eigenvalue weighted by Gasteiger charge is 2.13. The monoisotopic (exact) mass is 369 g/mol. The van der Waals surface area contributed by atoms with Crippen molar-refractivity contribution in [2.24, 2.45) is 0 Å². The summed E-state index contributed by atoms with van der Waals surface area (Å²) < 4.78 is 10.7. The Balaban J connectivity index is 1.53. The summed E-state index contributed by atoms with van der Waals surface area (Å²) in [6.45, 7) is 5.54. The van der Waals surface area contributed by atoms with Crippen LogP contribution < -0.4 is 20.5 Å². The molecule has 1 heterocycles. The molecule has 0 radical (unpaired) electrons. The van der Waals surface area contributed by atoms with E-state index in [4.69, 9.17) is 9.47 Å². The topological polar surface area (TPSA) is 79.9 Å². The minimum atomic E-state index is -0.392. The normalized spacial score (nSPS) is 13.7. The van der Waals surface area contributed by atoms with Gasteiger partial charge in [-0.15, -0.1) is 0 Å². The third-order valence-electron chi connectivity index (χ3n) is 4.22. The first kappa shape index (κ1) is 18.7. The van der Waals surface area contributed by atoms with Gasteiger partial charge in [0.05, 0.1) is 19.8 Å². The highest BCUT2D eigenvalue weighted by molar-refractivity contribution is 5.99. The second-order valence-electron chi connectivity index (χ2n) is 6.01. The minimum Gasteiger partial charge on any atom is -0.494 e. The molecule has 0 aromatic heterocycles. The predicted octanol–water partition coefficient (Wildman–Crippen LogP) is 2.00. The average Bonchev–Trinajstić information content (AvgIpc) is 2.73. The summed E-state index contributed by atoms with van der Waals surface area (Å²) in [6, 6.07) is 14.0. The molecule has 0 spiro atoms. The third-order valence-corrected chi connectivity index (χ3v) is 4.22. The molecule has 3 rings (SSSR count). The van der Waals surface area contributed by atoms with Gasteiger partial charge in [0, 0.05) is 29.9 Å². The van der Waals surface area contributed by atoms with Crippen molar-refractivity contribution >= 4 is 17.5 Å². The van der Waals surface area contributed by atoms with Crippen LogP contribution in [-0.4, -0.2) is 44.7 Å². The van der Waals surface area contributed by atoms with E-state index in [1.807, 2.05) is 19.1 Å². The number of rotatable bonds is 5. The first-order valence-electron chi connectivity index (χ1n) is 8.93. The van der Waals surface area contributed by atoms with Crippen LogP contribution in [-0.2, 0) is 4.74 Å². The molecule has 7 heteroatoms. The van der Waals surface area contributed by atoms with Gasteiger partial charge in [0.15, 0.2) is 0 Å². The highest BCUT2D eigenvalue weighted by atomic mass is 16.5. The molecular weight excluding hydrogens is 346 g/mol. The van der Waals surface area contributed by atoms with Gasteiger partial charge < -0.3 is 14.4 Å². The average molecular weight is 369 g/mol. The van der Waals surface area contributed by atoms with Gasteiger partial charge in [0.1, 0.15) is 5.75 Å². The van der Waals surface area contributed by atoms with Crippen LogP contribution in [0.15, 0.2) is 48.5 Å². The molecule has 1 fully saturated rings. The zero-order chi connectivity index (χ0) is 19.1. The molecular formula is C20H23N3O4. The van der Waals surface area contributed by atoms with E-state index in [1.165, 1.54) is 0 Å². The number of amides is 2. The number of benzene rings is 2. The number of nitrogens with zero attached hydrogens (tertiary/aromatic N) is 1. The Hall–Kier alpha value is -3.06. The van der Waals surface area contributed by atoms with E-state index in [1.54, 1.807) is 36.4 Å². The van der Waals surface area contributed by atoms with Crippen LogP contribution in [0.25, 0.3) is 0 Å². The van der Waals surface area contributed by atoms with Gasteiger partial charge in [-0.25, -0.2) is 0 Å². The molecule has 1 saturated heterocycles. The van der Waals surface area contributed by atoms with Crippen LogP contribution in [0.3, 0.4) is 0 Å². The zero-order valence-electron chi connectivity index (χ0n) is 15.2. The second kappa shape index (κ2) is 9.05. The lowest BCUT2D eigenvalue weighted by atomic mass is 10.2. The molecule has 7 nitrogen and oxygen atoms in total. The van der Waals surface area contributed by atoms with E-state index in [-0.39, 0.29) is 5.91 Å². The standard InChI is InChI=1S/C20H23N3O4/c1-2-27-18-9-5-16(6-10-18)20(25)22-21-19(24)15-3-7-17(8-4-15)23-11-13-26-14-12-23/h3-10H,2,11-14H2,1H3,(H,21,24)(H,22,25). The fourth-order valence-corrected chi connectivity index (χ4v) is 2.77. The predicted molar refractivity (Wildman–Crippen MR) is 102 cm³/mol. The van der Waals surface area contributed by atoms with Crippen molar-refractivity contribution < 1.29 is 19.1 Å². The van der Waals surface area contributed by atoms with Crippen molar-refractivity contribution in [1.82, 2.24) is 10.9 Å². The van der Waals surface area contributed by atoms with Crippen molar-refractivity contribution in [2.45, 2.75) is 6.92 Å². The van der Waals surface area contributed by atoms with Crippen LogP contribution in [0.2, 0.25) is 0 Å². The van der Waals surface area contributed by atoms with Crippen LogP contribution in [0, 0.1) is 0 Å². The maximum absolute atomic E-state index is 12.2. The SMILES string of the molecule is CCOc1ccc(C(=O)NNC(=O)c2ccc(N3CCOCC3)cc2)cc1. The van der Waals surface area contributed by atoms with Gasteiger partial charge in [-0.05, 0) is 55.5 Å². The van der Waals surface area contributed by atoms with Crippen molar-refractivity contribution in [3.05, 3.63) is 59.7 Å². The maximum atomic E-state index is 12.2. The maximum Gasteiger partial charge on any atom is 0.269 e. The number of hydrogen-bond acceptors (Lipinski definition) is 5. The number of hydrazine groups is 1. The highest BCUT2D eigenvalue weighted by Crippen LogP contribution is 2.16. The number of morpholine rings is 1. The molecule has 1 aliphatic rings. The number of anilines is 1. The fourth-order valence-electron chi connectivity index (χ4n) is 2.77. The number of ether oxygens (including phenoxy) is 2. The van der Waals surface area contributed by atoms with Crippen molar-refractivity contribution in [2.75, 3.05) is 37.8 Å². The molecule has 0 bridgehead atoms. The quantitative estimate of drug-likeness (QED) is 0.788. The van der Waals surface area contributed by atoms with E-state index >= 15 is 0 Å². The second-order valence-corrected chi connectivity index (χ2v) is 6.01. The molecule has 0 unspecified atom stereocenters. The Labute approximate surface area is 158 Å². The van der Waals surface area contributed by atoms with Gasteiger partial charge in [-0.1, -0.05) is 0 Å². The van der Waals surface area contributed by atoms with Gasteiger partial charge in [-0.3, -0.25) is 20.4 Å². The van der Waals surface area contributed by atoms with Gasteiger partial charge in [0.2, 0.25) is 0 Å². The van der Waals surface area contributed by atoms with Gasteiger partial charge in [0.25, 0.3) is 11.8 Å². The molecule has 0 atom stereocenters. The lowest BCUT2D eigenvalue weighted by molar-refractivity contribution is 0.0846. The summed E-state index contributed by atoms with van der Waals surface area (Å²) in [4.78, 5) is 26.6. The van der Waals surface area contributed by atoms with Gasteiger partial charge in [-0.2, -0.15) is 0 Å². The van der Waals surface area contributed by atoms with Crippen LogP contribution in [0.1, 0.15) is 27.6 Å². The zero-order valence-corrected chi connectivity index (χ0v) is 15.2. The summed E-state index contributed by atoms with van der Waals surface area (Å²) in [7, 11) is 0. The largest absolute Gasteiger partial charge is 0.494 e. The summed E-state index contributed by atoms with van der Waals surface area (Å²) >= 11 is 0. The van der Waals surface area contributed by atoms with Crippen molar-refractivity contribution in [1.29, 1.82) is 0 Å². The minimum absolute atomic E-state index is 0.372. The summed E-state index contributed by atoms with van der Waals surface area (Å²) in [6.07, 6.45) is 0. The Morgan fingerprint density at radius 2 is 1.44 bits per heavy atom. The molecule has 2 aromatic rings. The Bertz CT molecular complexity index is 769. The van der Waals surface area contributed by atoms with Crippen LogP contribution in [0.5, 0.6) is 5.75 Å². The molecule has 2 N–H and O–H groups in total. The first-order valence-corrected chi connectivity index (χ1v) is 8.93. The molecule has 2 amide bonds. The Morgan fingerprint density at radius 1 is 0.926 bits per heavy atom. The lowest BCUT2D eigenvalue weighted by Crippen LogP contribution is -2.41. The number of carbonyl (C=O) groups excluding carboxylic acids is 2. The number of nitrogens with one attached hydrogen (secondary N) is 2. The first-order chi connectivity index (χ1) is 13.2. The smallest absolute Gasteiger partial charge is 0.269 e. The number of carbonyl (C=O) groups is 2. The molecule has 0 saturated carbocycles. The molecule has 27 heavy (non-hydrogen) atoms. The Morgan fingerprint density at radius 3 is 1.96 bits per heavy atom. The van der Waals surface area contributed by atoms with E-state index in [0.29, 0.717) is 36.7 Å². The van der Waals surface area contributed by atoms with Crippen LogP contribution in [0.4, 0.5) is 5.69 Å². The molecule has 2 aromatic carbocycles. The Kier molecular flexibility index (Phi) is 6.27. The van der Waals surface area contributed by atoms with E-state index in [2.05, 4.69) is 15.8 Å². The van der Waals surface area contributed by atoms with Crippen molar-refractivity contribution in [3.8, 4) is 5.75 Å². The van der Waals surface area contributed by atoms with Crippen LogP contribution >= 0.6 is 0 Å². The summed E-state index contributed by atoms with van der Waals surface area (Å²) in [5.41, 5.74) is 6.81. The molecule has 1 aliphatic heterocycles. The fraction of sp³-hybridized carbons (Fsp3) is 0.300.